The predicted octanol–water partition coefficient (Wildman–Crippen LogP) is 9.33. The first-order chi connectivity index (χ1) is 25.0. The van der Waals surface area contributed by atoms with E-state index in [1.54, 1.807) is 40.6 Å². The van der Waals surface area contributed by atoms with Crippen LogP contribution in [0.15, 0.2) is 97.1 Å². The molecule has 0 spiro atoms. The second kappa shape index (κ2) is 28.6. The first kappa shape index (κ1) is 52.3. The topological polar surface area (TPSA) is 84.5 Å². The van der Waals surface area contributed by atoms with Gasteiger partial charge in [0.05, 0.1) is 40.6 Å². The van der Waals surface area contributed by atoms with Crippen LogP contribution in [0.5, 0.6) is 23.0 Å². The van der Waals surface area contributed by atoms with E-state index in [-0.39, 0.29) is 20.4 Å². The zero-order valence-corrected chi connectivity index (χ0v) is 33.6. The Morgan fingerprint density at radius 2 is 0.630 bits per heavy atom. The molecule has 0 saturated carbocycles. The van der Waals surface area contributed by atoms with Crippen LogP contribution in [0.2, 0.25) is 0 Å². The van der Waals surface area contributed by atoms with E-state index in [4.69, 9.17) is 29.5 Å². The van der Waals surface area contributed by atoms with Gasteiger partial charge in [-0.25, -0.2) is 0 Å². The zero-order chi connectivity index (χ0) is 40.5. The Labute approximate surface area is 328 Å². The van der Waals surface area contributed by atoms with Gasteiger partial charge in [0.15, 0.2) is 0 Å². The molecule has 0 saturated heterocycles. The summed E-state index contributed by atoms with van der Waals surface area (Å²) in [7, 11) is -6.41. The number of hydrogen-bond donors (Lipinski definition) is 0. The average molecular weight is 895 g/mol. The van der Waals surface area contributed by atoms with Crippen molar-refractivity contribution in [2.45, 2.75) is 20.3 Å². The summed E-state index contributed by atoms with van der Waals surface area (Å²) in [5.41, 5.74) is 0. The van der Waals surface area contributed by atoms with Gasteiger partial charge in [0.1, 0.15) is 23.0 Å². The number of methoxy groups -OCH3 is 4. The maximum atomic E-state index is 9.75. The summed E-state index contributed by atoms with van der Waals surface area (Å²) in [5, 5.41) is 19.6. The van der Waals surface area contributed by atoms with Crippen LogP contribution in [-0.2, 0) is 20.4 Å². The zero-order valence-electron chi connectivity index (χ0n) is 30.3. The molecule has 0 unspecified atom stereocenters. The molecule has 0 aromatic heterocycles. The van der Waals surface area contributed by atoms with E-state index < -0.39 is 30.4 Å². The molecule has 0 aliphatic rings. The van der Waals surface area contributed by atoms with Crippen molar-refractivity contribution in [3.8, 4) is 35.1 Å². The molecule has 296 valence electrons. The number of benzene rings is 4. The Hall–Kier alpha value is -3.85. The van der Waals surface area contributed by atoms with Gasteiger partial charge in [-0.2, -0.15) is 10.5 Å². The molecule has 0 aliphatic carbocycles. The van der Waals surface area contributed by atoms with E-state index in [0.29, 0.717) is 0 Å². The second-order valence-corrected chi connectivity index (χ2v) is 14.3. The maximum Gasteiger partial charge on any atom is 2.00 e. The summed E-state index contributed by atoms with van der Waals surface area (Å²) < 4.78 is 101. The first-order valence-corrected chi connectivity index (χ1v) is 18.5. The van der Waals surface area contributed by atoms with Gasteiger partial charge in [-0.3, -0.25) is 0 Å². The first-order valence-electron chi connectivity index (χ1n) is 15.5. The van der Waals surface area contributed by atoms with E-state index in [9.17, 15) is 34.5 Å². The molecule has 0 fully saturated rings. The molecule has 4 aromatic carbocycles. The fraction of sp³-hybridized carbons (Fsp3) is 0.257. The number of nitriles is 2. The summed E-state index contributed by atoms with van der Waals surface area (Å²) in [5.74, 6) is 3.71. The van der Waals surface area contributed by atoms with Crippen LogP contribution >= 0.6 is 15.8 Å². The molecule has 0 aliphatic heterocycles. The van der Waals surface area contributed by atoms with Crippen LogP contribution < -0.4 is 40.2 Å². The molecule has 0 heterocycles. The van der Waals surface area contributed by atoms with Crippen molar-refractivity contribution in [3.63, 3.8) is 0 Å². The number of para-hydroxylation sites is 4. The van der Waals surface area contributed by atoms with E-state index in [2.05, 4.69) is 72.8 Å². The summed E-state index contributed by atoms with van der Waals surface area (Å²) in [6, 6.07) is 37.0. The van der Waals surface area contributed by atoms with E-state index in [1.165, 1.54) is 35.1 Å². The Bertz CT molecular complexity index is 1490. The smallest absolute Gasteiger partial charge is 0.496 e. The van der Waals surface area contributed by atoms with Crippen molar-refractivity contribution in [1.29, 1.82) is 10.5 Å². The van der Waals surface area contributed by atoms with Gasteiger partial charge in [0.25, 0.3) is 0 Å². The molecule has 0 atom stereocenters. The third-order valence-corrected chi connectivity index (χ3v) is 11.6. The van der Waals surface area contributed by atoms with E-state index in [0.717, 1.165) is 41.7 Å². The Kier molecular flexibility index (Phi) is 27.7. The molecule has 0 bridgehead atoms. The monoisotopic (exact) mass is 894 g/mol. The SMILES string of the molecule is CC#N.CC#N.COc1ccccc1P(CCCP(c1ccccc1OC)c1ccccc1OC)c1ccccc1OC.F[B-](F)(F)F.F[B-](F)(F)F.[Pd+2]. The molecule has 0 radical (unpaired) electrons. The van der Waals surface area contributed by atoms with Crippen molar-refractivity contribution < 1.29 is 73.9 Å². The van der Waals surface area contributed by atoms with Crippen LogP contribution in [0.25, 0.3) is 0 Å². The number of ether oxygens (including phenoxy) is 4. The maximum absolute atomic E-state index is 9.75. The Balaban J connectivity index is 0. The van der Waals surface area contributed by atoms with E-state index in [1.807, 2.05) is 24.3 Å². The second-order valence-electron chi connectivity index (χ2n) is 9.78. The van der Waals surface area contributed by atoms with Gasteiger partial charge in [-0.1, -0.05) is 72.8 Å². The van der Waals surface area contributed by atoms with Crippen LogP contribution in [-0.4, -0.2) is 55.3 Å². The summed E-state index contributed by atoms with van der Waals surface area (Å²) in [6.07, 6.45) is 3.06. The van der Waals surface area contributed by atoms with Crippen molar-refractivity contribution >= 4 is 51.6 Å². The molecule has 19 heteroatoms. The standard InChI is InChI=1S/C31H34O4P2.2C2H3N.2BF4.Pd/c1-32-24-14-5-9-18-28(24)36(29-19-10-6-15-25(29)33-2)22-13-23-37(30-20-11-7-16-26(30)34-3)31-21-12-8-17-27(31)35-4;2*1-2-3;2*2-1(3,4)5;/h5-12,14-21H,13,22-23H2,1-4H3;2*1H3;;;/q;;;2*-1;+2. The van der Waals surface area contributed by atoms with Crippen LogP contribution in [0, 0.1) is 22.7 Å². The van der Waals surface area contributed by atoms with Gasteiger partial charge in [0, 0.05) is 35.1 Å². The van der Waals surface area contributed by atoms with Crippen molar-refractivity contribution in [2.75, 3.05) is 40.8 Å². The molecule has 4 rings (SSSR count). The molecule has 6 nitrogen and oxygen atoms in total. The number of nitrogens with zero attached hydrogens (tertiary/aromatic N) is 2. The molecular weight excluding hydrogens is 854 g/mol. The summed E-state index contributed by atoms with van der Waals surface area (Å²) >= 11 is 0. The molecule has 0 N–H and O–H groups in total. The van der Waals surface area contributed by atoms with Gasteiger partial charge in [-0.15, -0.1) is 0 Å². The third-order valence-electron chi connectivity index (χ3n) is 6.27. The van der Waals surface area contributed by atoms with Gasteiger partial charge in [0.2, 0.25) is 0 Å². The molecule has 54 heavy (non-hydrogen) atoms. The quantitative estimate of drug-likeness (QED) is 0.0802. The van der Waals surface area contributed by atoms with Gasteiger partial charge < -0.3 is 53.5 Å². The summed E-state index contributed by atoms with van der Waals surface area (Å²) in [4.78, 5) is 0. The minimum Gasteiger partial charge on any atom is -0.496 e. The molecular formula is C35H40B2F8N2O4P2Pd. The third kappa shape index (κ3) is 21.8. The largest absolute Gasteiger partial charge is 2.00 e. The minimum absolute atomic E-state index is 0. The van der Waals surface area contributed by atoms with Crippen LogP contribution in [0.1, 0.15) is 20.3 Å². The minimum atomic E-state index is -6.00. The molecule has 4 aromatic rings. The van der Waals surface area contributed by atoms with Crippen LogP contribution in [0.4, 0.5) is 34.5 Å². The van der Waals surface area contributed by atoms with Gasteiger partial charge >= 0.3 is 34.9 Å². The Morgan fingerprint density at radius 3 is 0.796 bits per heavy atom. The van der Waals surface area contributed by atoms with Crippen LogP contribution in [0.3, 0.4) is 0 Å². The van der Waals surface area contributed by atoms with Crippen molar-refractivity contribution in [2.24, 2.45) is 0 Å². The fourth-order valence-electron chi connectivity index (χ4n) is 4.54. The van der Waals surface area contributed by atoms with Gasteiger partial charge in [-0.05, 0) is 58.9 Å². The average Bonchev–Trinajstić information content (AvgIpc) is 3.11. The number of rotatable bonds is 12. The van der Waals surface area contributed by atoms with E-state index >= 15 is 0 Å². The number of hydrogen-bond acceptors (Lipinski definition) is 6. The molecule has 0 amide bonds. The predicted molar refractivity (Wildman–Crippen MR) is 202 cm³/mol. The van der Waals surface area contributed by atoms with Crippen molar-refractivity contribution in [3.05, 3.63) is 97.1 Å². The summed E-state index contributed by atoms with van der Waals surface area (Å²) in [6.45, 7) is 2.86. The normalized spacial score (nSPS) is 10.0. The number of halogens is 8. The van der Waals surface area contributed by atoms with Crippen molar-refractivity contribution in [1.82, 2.24) is 0 Å². The Morgan fingerprint density at radius 1 is 0.463 bits per heavy atom. The fourth-order valence-corrected chi connectivity index (χ4v) is 10.0.